The smallest absolute Gasteiger partial charge is 0.326 e. The Morgan fingerprint density at radius 2 is 1.71 bits per heavy atom. The number of benzene rings is 1. The fourth-order valence-corrected chi connectivity index (χ4v) is 4.39. The minimum atomic E-state index is -1.26. The first-order valence-corrected chi connectivity index (χ1v) is 13.3. The van der Waals surface area contributed by atoms with Gasteiger partial charge in [0, 0.05) is 31.3 Å². The number of nitrogens with zero attached hydrogens (tertiary/aromatic N) is 2. The summed E-state index contributed by atoms with van der Waals surface area (Å²) in [6, 6.07) is 2.11. The normalized spacial score (nSPS) is 16.6. The Kier molecular flexibility index (Phi) is 11.5. The molecule has 4 atom stereocenters. The van der Waals surface area contributed by atoms with E-state index in [0.717, 1.165) is 6.42 Å². The largest absolute Gasteiger partial charge is 0.508 e. The lowest BCUT2D eigenvalue weighted by molar-refractivity contribution is -0.142. The molecule has 3 amide bonds. The molecule has 222 valence electrons. The molecule has 1 fully saturated rings. The molecular weight excluding hydrogens is 534 g/mol. The van der Waals surface area contributed by atoms with E-state index in [-0.39, 0.29) is 49.8 Å². The number of aliphatic carboxylic acids is 1. The first-order chi connectivity index (χ1) is 19.6. The number of phenols is 1. The van der Waals surface area contributed by atoms with E-state index in [1.807, 2.05) is 0 Å². The van der Waals surface area contributed by atoms with Crippen LogP contribution in [0.3, 0.4) is 0 Å². The number of carboxylic acids is 1. The summed E-state index contributed by atoms with van der Waals surface area (Å²) < 4.78 is 0. The van der Waals surface area contributed by atoms with Crippen molar-refractivity contribution in [1.82, 2.24) is 31.2 Å². The maximum absolute atomic E-state index is 13.5. The van der Waals surface area contributed by atoms with Crippen LogP contribution in [0.15, 0.2) is 41.8 Å². The van der Waals surface area contributed by atoms with Crippen LogP contribution in [-0.2, 0) is 32.0 Å². The lowest BCUT2D eigenvalue weighted by Gasteiger charge is -2.25. The molecule has 1 aromatic carbocycles. The van der Waals surface area contributed by atoms with Crippen LogP contribution in [0.2, 0.25) is 0 Å². The van der Waals surface area contributed by atoms with Crippen LogP contribution < -0.4 is 32.7 Å². The van der Waals surface area contributed by atoms with E-state index in [1.54, 1.807) is 12.1 Å². The summed E-state index contributed by atoms with van der Waals surface area (Å²) >= 11 is 0. The second-order valence-corrected chi connectivity index (χ2v) is 9.77. The zero-order valence-electron chi connectivity index (χ0n) is 22.5. The van der Waals surface area contributed by atoms with Crippen molar-refractivity contribution in [2.24, 2.45) is 16.5 Å². The number of imidazole rings is 1. The van der Waals surface area contributed by atoms with E-state index in [9.17, 15) is 29.4 Å². The second-order valence-electron chi connectivity index (χ2n) is 9.77. The van der Waals surface area contributed by atoms with Crippen LogP contribution in [0.25, 0.3) is 0 Å². The number of amides is 3. The molecular formula is C26H37N9O6. The molecule has 2 aromatic rings. The number of aromatic hydroxyl groups is 1. The van der Waals surface area contributed by atoms with Gasteiger partial charge in [-0.1, -0.05) is 12.1 Å². The third-order valence-electron chi connectivity index (χ3n) is 6.56. The monoisotopic (exact) mass is 571 g/mol. The predicted molar refractivity (Wildman–Crippen MR) is 148 cm³/mol. The summed E-state index contributed by atoms with van der Waals surface area (Å²) in [4.78, 5) is 62.3. The minimum Gasteiger partial charge on any atom is -0.508 e. The summed E-state index contributed by atoms with van der Waals surface area (Å²) in [5.74, 6) is -3.07. The van der Waals surface area contributed by atoms with Crippen molar-refractivity contribution in [1.29, 1.82) is 0 Å². The number of carbonyl (C=O) groups is 4. The molecule has 0 saturated carbocycles. The highest BCUT2D eigenvalue weighted by atomic mass is 16.4. The van der Waals surface area contributed by atoms with Crippen LogP contribution >= 0.6 is 0 Å². The molecule has 2 heterocycles. The zero-order chi connectivity index (χ0) is 29.8. The molecule has 15 heteroatoms. The average molecular weight is 572 g/mol. The molecule has 11 N–H and O–H groups in total. The number of carboxylic acid groups (broad SMARTS) is 1. The first kappa shape index (κ1) is 30.9. The summed E-state index contributed by atoms with van der Waals surface area (Å²) in [6.45, 7) is 0.877. The summed E-state index contributed by atoms with van der Waals surface area (Å²) in [5.41, 5.74) is 11.8. The quantitative estimate of drug-likeness (QED) is 0.0662. The number of carbonyl (C=O) groups excluding carboxylic acids is 3. The standard InChI is InChI=1S/C26H37N9O6/c27-26(28)31-10-2-4-19(25(40)41)33-23(38)20(11-15-5-7-17(36)8-6-15)34-24(39)21(12-16-13-29-14-32-16)35-22(37)18-3-1-9-30-18/h5-8,13-14,18-21,30,36H,1-4,9-12H2,(H,29,32)(H,33,38)(H,34,39)(H,35,37)(H,40,41)(H4,27,28,31). The number of phenolic OH excluding ortho intramolecular Hbond substituents is 1. The summed E-state index contributed by atoms with van der Waals surface area (Å²) in [5, 5.41) is 30.3. The average Bonchev–Trinajstić information content (AvgIpc) is 3.65. The van der Waals surface area contributed by atoms with Gasteiger partial charge in [0.05, 0.1) is 12.4 Å². The molecule has 0 aliphatic carbocycles. The van der Waals surface area contributed by atoms with Gasteiger partial charge in [-0.25, -0.2) is 9.78 Å². The maximum atomic E-state index is 13.5. The van der Waals surface area contributed by atoms with Gasteiger partial charge in [0.15, 0.2) is 5.96 Å². The van der Waals surface area contributed by atoms with Gasteiger partial charge >= 0.3 is 5.97 Å². The summed E-state index contributed by atoms with van der Waals surface area (Å²) in [7, 11) is 0. The van der Waals surface area contributed by atoms with Gasteiger partial charge < -0.3 is 47.9 Å². The fraction of sp³-hybridized carbons (Fsp3) is 0.462. The Morgan fingerprint density at radius 3 is 2.29 bits per heavy atom. The topological polar surface area (TPSA) is 250 Å². The van der Waals surface area contributed by atoms with Crippen molar-refractivity contribution in [3.8, 4) is 5.75 Å². The van der Waals surface area contributed by atoms with Gasteiger partial charge in [0.2, 0.25) is 17.7 Å². The van der Waals surface area contributed by atoms with Crippen molar-refractivity contribution in [3.63, 3.8) is 0 Å². The van der Waals surface area contributed by atoms with Crippen LogP contribution in [0.5, 0.6) is 5.75 Å². The number of nitrogens with two attached hydrogens (primary N) is 2. The van der Waals surface area contributed by atoms with Gasteiger partial charge in [-0.15, -0.1) is 0 Å². The lowest BCUT2D eigenvalue weighted by atomic mass is 10.0. The SMILES string of the molecule is NC(N)=NCCCC(NC(=O)C(Cc1ccc(O)cc1)NC(=O)C(Cc1cnc[nH]1)NC(=O)C1CCCN1)C(=O)O. The van der Waals surface area contributed by atoms with E-state index in [0.29, 0.717) is 24.2 Å². The Labute approximate surface area is 236 Å². The Balaban J connectivity index is 1.77. The molecule has 41 heavy (non-hydrogen) atoms. The van der Waals surface area contributed by atoms with E-state index in [4.69, 9.17) is 11.5 Å². The van der Waals surface area contributed by atoms with Gasteiger partial charge in [0.25, 0.3) is 0 Å². The highest BCUT2D eigenvalue weighted by Crippen LogP contribution is 2.13. The number of hydrogen-bond acceptors (Lipinski definition) is 8. The van der Waals surface area contributed by atoms with Gasteiger partial charge in [-0.3, -0.25) is 19.4 Å². The van der Waals surface area contributed by atoms with Crippen molar-refractivity contribution < 1.29 is 29.4 Å². The van der Waals surface area contributed by atoms with Crippen LogP contribution in [0, 0.1) is 0 Å². The molecule has 0 bridgehead atoms. The van der Waals surface area contributed by atoms with Crippen molar-refractivity contribution >= 4 is 29.7 Å². The molecule has 1 aromatic heterocycles. The van der Waals surface area contributed by atoms with Crippen molar-refractivity contribution in [3.05, 3.63) is 48.0 Å². The van der Waals surface area contributed by atoms with E-state index in [1.165, 1.54) is 24.7 Å². The molecule has 1 saturated heterocycles. The lowest BCUT2D eigenvalue weighted by Crippen LogP contribution is -2.58. The number of aromatic nitrogens is 2. The highest BCUT2D eigenvalue weighted by Gasteiger charge is 2.32. The molecule has 3 rings (SSSR count). The Bertz CT molecular complexity index is 1190. The van der Waals surface area contributed by atoms with Crippen LogP contribution in [-0.4, -0.2) is 87.1 Å². The predicted octanol–water partition coefficient (Wildman–Crippen LogP) is -1.75. The van der Waals surface area contributed by atoms with Crippen LogP contribution in [0.4, 0.5) is 0 Å². The van der Waals surface area contributed by atoms with E-state index >= 15 is 0 Å². The third-order valence-corrected chi connectivity index (χ3v) is 6.56. The van der Waals surface area contributed by atoms with Crippen molar-refractivity contribution in [2.75, 3.05) is 13.1 Å². The van der Waals surface area contributed by atoms with E-state index in [2.05, 4.69) is 36.2 Å². The van der Waals surface area contributed by atoms with E-state index < -0.39 is 42.0 Å². The van der Waals surface area contributed by atoms with Gasteiger partial charge in [0.1, 0.15) is 23.9 Å². The number of guanidine groups is 1. The maximum Gasteiger partial charge on any atom is 0.326 e. The molecule has 4 unspecified atom stereocenters. The highest BCUT2D eigenvalue weighted by molar-refractivity contribution is 5.94. The number of H-pyrrole nitrogens is 1. The number of nitrogens with one attached hydrogen (secondary N) is 5. The molecule has 1 aliphatic rings. The molecule has 0 radical (unpaired) electrons. The second kappa shape index (κ2) is 15.2. The minimum absolute atomic E-state index is 0.00685. The van der Waals surface area contributed by atoms with Crippen molar-refractivity contribution in [2.45, 2.75) is 62.7 Å². The number of rotatable bonds is 15. The molecule has 1 aliphatic heterocycles. The first-order valence-electron chi connectivity index (χ1n) is 13.3. The number of hydrogen-bond donors (Lipinski definition) is 9. The van der Waals surface area contributed by atoms with Gasteiger partial charge in [-0.05, 0) is 49.9 Å². The fourth-order valence-electron chi connectivity index (χ4n) is 4.39. The van der Waals surface area contributed by atoms with Gasteiger partial charge in [-0.2, -0.15) is 0 Å². The third kappa shape index (κ3) is 10.1. The zero-order valence-corrected chi connectivity index (χ0v) is 22.5. The number of aromatic amines is 1. The molecule has 0 spiro atoms. The number of aliphatic imine (C=N–C) groups is 1. The Hall–Kier alpha value is -4.66. The molecule has 15 nitrogen and oxygen atoms in total. The summed E-state index contributed by atoms with van der Waals surface area (Å²) in [6.07, 6.45) is 4.86. The van der Waals surface area contributed by atoms with Crippen LogP contribution in [0.1, 0.15) is 36.9 Å². The Morgan fingerprint density at radius 1 is 1.02 bits per heavy atom.